The molecule has 1 saturated carbocycles. The van der Waals surface area contributed by atoms with Gasteiger partial charge in [-0.05, 0) is 44.4 Å². The monoisotopic (exact) mass is 237 g/mol. The molecule has 1 aromatic rings. The van der Waals surface area contributed by atoms with Crippen molar-refractivity contribution in [1.29, 1.82) is 0 Å². The third-order valence-electron chi connectivity index (χ3n) is 3.67. The first-order chi connectivity index (χ1) is 8.13. The molecule has 0 saturated heterocycles. The second-order valence-corrected chi connectivity index (χ2v) is 5.60. The van der Waals surface area contributed by atoms with E-state index in [-0.39, 0.29) is 6.61 Å². The van der Waals surface area contributed by atoms with Gasteiger partial charge in [0, 0.05) is 0 Å². The highest BCUT2D eigenvalue weighted by atomic mass is 16.3. The molecule has 2 rings (SSSR count). The Morgan fingerprint density at radius 3 is 2.59 bits per heavy atom. The molecule has 4 nitrogen and oxygen atoms in total. The Morgan fingerprint density at radius 1 is 1.35 bits per heavy atom. The molecule has 0 aliphatic heterocycles. The summed E-state index contributed by atoms with van der Waals surface area (Å²) in [5.74, 6) is 1.43. The van der Waals surface area contributed by atoms with Gasteiger partial charge < -0.3 is 5.11 Å². The van der Waals surface area contributed by atoms with Crippen molar-refractivity contribution in [2.75, 3.05) is 0 Å². The van der Waals surface area contributed by atoms with Crippen molar-refractivity contribution >= 4 is 0 Å². The summed E-state index contributed by atoms with van der Waals surface area (Å²) in [7, 11) is 0. The quantitative estimate of drug-likeness (QED) is 0.826. The molecule has 1 aliphatic rings. The van der Waals surface area contributed by atoms with Crippen LogP contribution in [0.1, 0.15) is 57.5 Å². The van der Waals surface area contributed by atoms with Crippen molar-refractivity contribution in [2.45, 2.75) is 59.1 Å². The highest BCUT2D eigenvalue weighted by Gasteiger charge is 2.31. The molecule has 0 radical (unpaired) electrons. The minimum atomic E-state index is 0.00478. The zero-order valence-corrected chi connectivity index (χ0v) is 11.1. The van der Waals surface area contributed by atoms with E-state index in [9.17, 15) is 5.11 Å². The molecule has 0 amide bonds. The molecule has 4 heteroatoms. The highest BCUT2D eigenvalue weighted by Crippen LogP contribution is 2.39. The van der Waals surface area contributed by atoms with Crippen molar-refractivity contribution in [3.8, 4) is 0 Å². The molecule has 0 bridgehead atoms. The molecule has 1 aliphatic carbocycles. The normalized spacial score (nSPS) is 17.7. The fraction of sp³-hybridized carbons (Fsp3) is 0.846. The molecule has 1 N–H and O–H groups in total. The van der Waals surface area contributed by atoms with E-state index in [1.807, 2.05) is 4.68 Å². The minimum absolute atomic E-state index is 0.00478. The van der Waals surface area contributed by atoms with Crippen LogP contribution >= 0.6 is 0 Å². The third kappa shape index (κ3) is 2.86. The van der Waals surface area contributed by atoms with E-state index in [4.69, 9.17) is 0 Å². The Morgan fingerprint density at radius 2 is 2.06 bits per heavy atom. The van der Waals surface area contributed by atoms with Crippen molar-refractivity contribution in [3.05, 3.63) is 11.4 Å². The van der Waals surface area contributed by atoms with Gasteiger partial charge in [0.25, 0.3) is 0 Å². The third-order valence-corrected chi connectivity index (χ3v) is 3.67. The van der Waals surface area contributed by atoms with E-state index in [1.54, 1.807) is 0 Å². The Kier molecular flexibility index (Phi) is 3.82. The predicted octanol–water partition coefficient (Wildman–Crippen LogP) is 2.33. The van der Waals surface area contributed by atoms with Crippen LogP contribution in [0.4, 0.5) is 0 Å². The molecule has 1 atom stereocenters. The van der Waals surface area contributed by atoms with Gasteiger partial charge in [-0.15, -0.1) is 5.10 Å². The van der Waals surface area contributed by atoms with Crippen LogP contribution in [0.5, 0.6) is 0 Å². The first-order valence-corrected chi connectivity index (χ1v) is 6.67. The van der Waals surface area contributed by atoms with Gasteiger partial charge in [0.1, 0.15) is 5.69 Å². The minimum Gasteiger partial charge on any atom is -0.390 e. The summed E-state index contributed by atoms with van der Waals surface area (Å²) in [6.45, 7) is 6.66. The van der Waals surface area contributed by atoms with Gasteiger partial charge in [-0.1, -0.05) is 19.1 Å². The fourth-order valence-corrected chi connectivity index (χ4v) is 2.26. The lowest BCUT2D eigenvalue weighted by molar-refractivity contribution is 0.275. The van der Waals surface area contributed by atoms with Crippen LogP contribution in [0.25, 0.3) is 0 Å². The maximum atomic E-state index is 9.32. The molecular weight excluding hydrogens is 214 g/mol. The SMILES string of the molecule is CC(C)CCc1c(CO)nnn1C(C)C1CC1. The second kappa shape index (κ2) is 5.17. The standard InChI is InChI=1S/C13H23N3O/c1-9(2)4-7-13-12(8-17)14-15-16(13)10(3)11-5-6-11/h9-11,17H,4-8H2,1-3H3. The summed E-state index contributed by atoms with van der Waals surface area (Å²) in [5, 5.41) is 17.7. The van der Waals surface area contributed by atoms with E-state index in [0.29, 0.717) is 12.0 Å². The van der Waals surface area contributed by atoms with Crippen molar-refractivity contribution in [2.24, 2.45) is 11.8 Å². The maximum absolute atomic E-state index is 9.32. The average molecular weight is 237 g/mol. The van der Waals surface area contributed by atoms with E-state index >= 15 is 0 Å². The fourth-order valence-electron chi connectivity index (χ4n) is 2.26. The Balaban J connectivity index is 2.15. The number of aliphatic hydroxyl groups is 1. The van der Waals surface area contributed by atoms with Gasteiger partial charge in [0.2, 0.25) is 0 Å². The summed E-state index contributed by atoms with van der Waals surface area (Å²) >= 11 is 0. The number of aromatic nitrogens is 3. The van der Waals surface area contributed by atoms with Crippen molar-refractivity contribution < 1.29 is 5.11 Å². The van der Waals surface area contributed by atoms with Gasteiger partial charge in [0.05, 0.1) is 18.3 Å². The highest BCUT2D eigenvalue weighted by molar-refractivity contribution is 5.11. The van der Waals surface area contributed by atoms with Crippen LogP contribution < -0.4 is 0 Å². The van der Waals surface area contributed by atoms with E-state index in [1.165, 1.54) is 12.8 Å². The van der Waals surface area contributed by atoms with E-state index in [2.05, 4.69) is 31.1 Å². The summed E-state index contributed by atoms with van der Waals surface area (Å²) in [6, 6.07) is 0.435. The van der Waals surface area contributed by atoms with Gasteiger partial charge in [0.15, 0.2) is 0 Å². The number of hydrogen-bond donors (Lipinski definition) is 1. The van der Waals surface area contributed by atoms with E-state index in [0.717, 1.165) is 30.1 Å². The lowest BCUT2D eigenvalue weighted by Crippen LogP contribution is -2.14. The molecule has 1 heterocycles. The Bertz CT molecular complexity index is 369. The first-order valence-electron chi connectivity index (χ1n) is 6.67. The van der Waals surface area contributed by atoms with Crippen LogP contribution in [0.2, 0.25) is 0 Å². The average Bonchev–Trinajstić information content (AvgIpc) is 3.05. The molecule has 17 heavy (non-hydrogen) atoms. The van der Waals surface area contributed by atoms with Crippen LogP contribution in [-0.4, -0.2) is 20.1 Å². The Hall–Kier alpha value is -0.900. The number of nitrogens with zero attached hydrogens (tertiary/aromatic N) is 3. The van der Waals surface area contributed by atoms with Crippen LogP contribution in [0.3, 0.4) is 0 Å². The maximum Gasteiger partial charge on any atom is 0.111 e. The smallest absolute Gasteiger partial charge is 0.111 e. The van der Waals surface area contributed by atoms with Crippen molar-refractivity contribution in [3.63, 3.8) is 0 Å². The molecule has 1 unspecified atom stereocenters. The Labute approximate surface area is 103 Å². The topological polar surface area (TPSA) is 50.9 Å². The molecule has 0 aromatic carbocycles. The number of rotatable bonds is 6. The first kappa shape index (κ1) is 12.6. The summed E-state index contributed by atoms with van der Waals surface area (Å²) in [5.41, 5.74) is 1.90. The lowest BCUT2D eigenvalue weighted by atomic mass is 10.0. The lowest BCUT2D eigenvalue weighted by Gasteiger charge is -2.15. The molecule has 1 fully saturated rings. The predicted molar refractivity (Wildman–Crippen MR) is 66.5 cm³/mol. The molecule has 0 spiro atoms. The summed E-state index contributed by atoms with van der Waals surface area (Å²) in [4.78, 5) is 0. The molecule has 1 aromatic heterocycles. The summed E-state index contributed by atoms with van der Waals surface area (Å²) in [6.07, 6.45) is 4.70. The molecular formula is C13H23N3O. The van der Waals surface area contributed by atoms with Gasteiger partial charge in [-0.3, -0.25) is 0 Å². The van der Waals surface area contributed by atoms with Gasteiger partial charge >= 0.3 is 0 Å². The number of aliphatic hydroxyl groups excluding tert-OH is 1. The van der Waals surface area contributed by atoms with Crippen LogP contribution in [-0.2, 0) is 13.0 Å². The number of hydrogen-bond acceptors (Lipinski definition) is 3. The summed E-state index contributed by atoms with van der Waals surface area (Å²) < 4.78 is 2.05. The second-order valence-electron chi connectivity index (χ2n) is 5.60. The molecule has 96 valence electrons. The largest absolute Gasteiger partial charge is 0.390 e. The van der Waals surface area contributed by atoms with Crippen molar-refractivity contribution in [1.82, 2.24) is 15.0 Å². The van der Waals surface area contributed by atoms with Crippen LogP contribution in [0, 0.1) is 11.8 Å². The van der Waals surface area contributed by atoms with Gasteiger partial charge in [-0.2, -0.15) is 0 Å². The van der Waals surface area contributed by atoms with Gasteiger partial charge in [-0.25, -0.2) is 4.68 Å². The zero-order valence-electron chi connectivity index (χ0n) is 11.1. The van der Waals surface area contributed by atoms with Crippen LogP contribution in [0.15, 0.2) is 0 Å². The van der Waals surface area contributed by atoms with E-state index < -0.39 is 0 Å². The zero-order chi connectivity index (χ0) is 12.4.